The molecule has 3 heterocycles. The molecule has 1 amide bonds. The second-order valence-corrected chi connectivity index (χ2v) is 9.69. The third kappa shape index (κ3) is 5.94. The predicted molar refractivity (Wildman–Crippen MR) is 129 cm³/mol. The molecule has 8 heteroatoms. The van der Waals surface area contributed by atoms with Gasteiger partial charge in [-0.15, -0.1) is 0 Å². The smallest absolute Gasteiger partial charge is 0.416 e. The molecule has 8 nitrogen and oxygen atoms in total. The summed E-state index contributed by atoms with van der Waals surface area (Å²) in [4.78, 5) is 32.4. The van der Waals surface area contributed by atoms with E-state index in [1.807, 2.05) is 26.8 Å². The standard InChI is InChI=1S/C26H31N3O5/c1-26(2,3)34-25(32)29(23-8-5-18(15-27-23)6-9-24(30)31)21-10-12-28(17-21)16-19-4-7-22-20(14-19)11-13-33-22/h4-9,14-15,21H,10-13,16-17H2,1-3H3,(H,30,31)/b9-6+. The second kappa shape index (κ2) is 9.85. The molecular weight excluding hydrogens is 434 g/mol. The van der Waals surface area contributed by atoms with E-state index >= 15 is 0 Å². The van der Waals surface area contributed by atoms with E-state index < -0.39 is 17.7 Å². The normalized spacial score (nSPS) is 18.0. The number of aliphatic carboxylic acids is 1. The number of amides is 1. The van der Waals surface area contributed by atoms with E-state index in [0.29, 0.717) is 17.9 Å². The van der Waals surface area contributed by atoms with E-state index in [-0.39, 0.29) is 6.04 Å². The van der Waals surface area contributed by atoms with E-state index in [0.717, 1.165) is 44.4 Å². The lowest BCUT2D eigenvalue weighted by Gasteiger charge is -2.31. The minimum atomic E-state index is -1.03. The van der Waals surface area contributed by atoms with Gasteiger partial charge in [-0.25, -0.2) is 14.6 Å². The number of anilines is 1. The van der Waals surface area contributed by atoms with Crippen LogP contribution in [0.1, 0.15) is 43.9 Å². The minimum absolute atomic E-state index is 0.0828. The minimum Gasteiger partial charge on any atom is -0.493 e. The summed E-state index contributed by atoms with van der Waals surface area (Å²) in [5.74, 6) is 0.441. The van der Waals surface area contributed by atoms with Gasteiger partial charge in [0.1, 0.15) is 17.2 Å². The molecule has 1 atom stereocenters. The third-order valence-electron chi connectivity index (χ3n) is 5.80. The van der Waals surface area contributed by atoms with Gasteiger partial charge in [0.2, 0.25) is 0 Å². The van der Waals surface area contributed by atoms with Gasteiger partial charge in [0, 0.05) is 38.3 Å². The van der Waals surface area contributed by atoms with Crippen molar-refractivity contribution in [3.63, 3.8) is 0 Å². The van der Waals surface area contributed by atoms with Crippen LogP contribution in [0.3, 0.4) is 0 Å². The highest BCUT2D eigenvalue weighted by Gasteiger charge is 2.35. The Bertz CT molecular complexity index is 1070. The maximum Gasteiger partial charge on any atom is 0.416 e. The number of carbonyl (C=O) groups is 2. The number of fused-ring (bicyclic) bond motifs is 1. The summed E-state index contributed by atoms with van der Waals surface area (Å²) in [5, 5.41) is 8.83. The summed E-state index contributed by atoms with van der Waals surface area (Å²) in [5.41, 5.74) is 2.50. The fraction of sp³-hybridized carbons (Fsp3) is 0.423. The van der Waals surface area contributed by atoms with Crippen molar-refractivity contribution in [2.45, 2.75) is 51.8 Å². The molecule has 2 aromatic rings. The lowest BCUT2D eigenvalue weighted by molar-refractivity contribution is -0.131. The largest absolute Gasteiger partial charge is 0.493 e. The number of aromatic nitrogens is 1. The molecule has 0 aliphatic carbocycles. The molecule has 1 fully saturated rings. The van der Waals surface area contributed by atoms with Crippen LogP contribution in [0.4, 0.5) is 10.6 Å². The number of carbonyl (C=O) groups excluding carboxylic acids is 1. The zero-order valence-corrected chi connectivity index (χ0v) is 19.9. The Labute approximate surface area is 199 Å². The number of hydrogen-bond acceptors (Lipinski definition) is 6. The maximum atomic E-state index is 13.2. The van der Waals surface area contributed by atoms with Crippen LogP contribution in [0.5, 0.6) is 5.75 Å². The first-order chi connectivity index (χ1) is 16.2. The monoisotopic (exact) mass is 465 g/mol. The van der Waals surface area contributed by atoms with Gasteiger partial charge in [0.15, 0.2) is 0 Å². The van der Waals surface area contributed by atoms with Crippen molar-refractivity contribution in [3.8, 4) is 5.75 Å². The molecular formula is C26H31N3O5. The van der Waals surface area contributed by atoms with Crippen LogP contribution < -0.4 is 9.64 Å². The fourth-order valence-corrected chi connectivity index (χ4v) is 4.31. The molecule has 1 saturated heterocycles. The Hall–Kier alpha value is -3.39. The zero-order valence-electron chi connectivity index (χ0n) is 19.9. The quantitative estimate of drug-likeness (QED) is 0.641. The molecule has 4 rings (SSSR count). The number of pyridine rings is 1. The number of carboxylic acid groups (broad SMARTS) is 1. The third-order valence-corrected chi connectivity index (χ3v) is 5.80. The van der Waals surface area contributed by atoms with Crippen LogP contribution in [0.25, 0.3) is 6.08 Å². The molecule has 34 heavy (non-hydrogen) atoms. The number of benzene rings is 1. The van der Waals surface area contributed by atoms with Crippen LogP contribution in [-0.4, -0.2) is 58.4 Å². The van der Waals surface area contributed by atoms with Crippen molar-refractivity contribution in [2.75, 3.05) is 24.6 Å². The van der Waals surface area contributed by atoms with Crippen LogP contribution in [0, 0.1) is 0 Å². The SMILES string of the molecule is CC(C)(C)OC(=O)N(c1ccc(/C=C/C(=O)O)cn1)C1CCN(Cc2ccc3c(c2)CCO3)C1. The first-order valence-corrected chi connectivity index (χ1v) is 11.5. The Morgan fingerprint density at radius 3 is 2.82 bits per heavy atom. The van der Waals surface area contributed by atoms with Crippen LogP contribution in [0.15, 0.2) is 42.6 Å². The number of hydrogen-bond donors (Lipinski definition) is 1. The van der Waals surface area contributed by atoms with Crippen molar-refractivity contribution in [1.29, 1.82) is 0 Å². The number of carboxylic acids is 1. The molecule has 0 saturated carbocycles. The molecule has 1 aromatic carbocycles. The van der Waals surface area contributed by atoms with Crippen LogP contribution >= 0.6 is 0 Å². The van der Waals surface area contributed by atoms with E-state index in [1.54, 1.807) is 23.2 Å². The Morgan fingerprint density at radius 1 is 1.29 bits per heavy atom. The summed E-state index contributed by atoms with van der Waals surface area (Å²) in [7, 11) is 0. The Morgan fingerprint density at radius 2 is 2.12 bits per heavy atom. The molecule has 0 spiro atoms. The Balaban J connectivity index is 1.50. The highest BCUT2D eigenvalue weighted by atomic mass is 16.6. The molecule has 0 radical (unpaired) electrons. The highest BCUT2D eigenvalue weighted by molar-refractivity contribution is 5.88. The van der Waals surface area contributed by atoms with Gasteiger partial charge in [0.25, 0.3) is 0 Å². The van der Waals surface area contributed by atoms with Gasteiger partial charge in [0.05, 0.1) is 12.6 Å². The number of rotatable bonds is 6. The molecule has 2 aliphatic rings. The van der Waals surface area contributed by atoms with Crippen molar-refractivity contribution in [2.24, 2.45) is 0 Å². The van der Waals surface area contributed by atoms with Crippen molar-refractivity contribution in [1.82, 2.24) is 9.88 Å². The summed E-state index contributed by atoms with van der Waals surface area (Å²) in [6.07, 6.45) is 5.40. The zero-order chi connectivity index (χ0) is 24.3. The molecule has 180 valence electrons. The van der Waals surface area contributed by atoms with Crippen LogP contribution in [0.2, 0.25) is 0 Å². The first kappa shape index (κ1) is 23.8. The van der Waals surface area contributed by atoms with Gasteiger partial charge in [-0.05, 0) is 68.2 Å². The van der Waals surface area contributed by atoms with E-state index in [9.17, 15) is 9.59 Å². The Kier molecular flexibility index (Phi) is 6.88. The summed E-state index contributed by atoms with van der Waals surface area (Å²) >= 11 is 0. The molecule has 0 bridgehead atoms. The van der Waals surface area contributed by atoms with Crippen molar-refractivity contribution < 1.29 is 24.2 Å². The lowest BCUT2D eigenvalue weighted by Crippen LogP contribution is -2.45. The van der Waals surface area contributed by atoms with Crippen molar-refractivity contribution >= 4 is 24.0 Å². The summed E-state index contributed by atoms with van der Waals surface area (Å²) < 4.78 is 11.3. The topological polar surface area (TPSA) is 92.2 Å². The highest BCUT2D eigenvalue weighted by Crippen LogP contribution is 2.29. The van der Waals surface area contributed by atoms with E-state index in [4.69, 9.17) is 14.6 Å². The molecule has 1 unspecified atom stereocenters. The van der Waals surface area contributed by atoms with Gasteiger partial charge in [-0.1, -0.05) is 12.1 Å². The average Bonchev–Trinajstić information content (AvgIpc) is 3.41. The molecule has 1 N–H and O–H groups in total. The fourth-order valence-electron chi connectivity index (χ4n) is 4.31. The van der Waals surface area contributed by atoms with E-state index in [1.165, 1.54) is 17.2 Å². The molecule has 1 aromatic heterocycles. The lowest BCUT2D eigenvalue weighted by atomic mass is 10.1. The average molecular weight is 466 g/mol. The number of ether oxygens (including phenoxy) is 2. The van der Waals surface area contributed by atoms with Gasteiger partial charge >= 0.3 is 12.1 Å². The van der Waals surface area contributed by atoms with Gasteiger partial charge < -0.3 is 14.6 Å². The van der Waals surface area contributed by atoms with E-state index in [2.05, 4.69) is 22.0 Å². The van der Waals surface area contributed by atoms with Gasteiger partial charge in [-0.2, -0.15) is 0 Å². The second-order valence-electron chi connectivity index (χ2n) is 9.69. The maximum absolute atomic E-state index is 13.2. The van der Waals surface area contributed by atoms with Gasteiger partial charge in [-0.3, -0.25) is 9.80 Å². The first-order valence-electron chi connectivity index (χ1n) is 11.5. The molecule has 2 aliphatic heterocycles. The number of likely N-dealkylation sites (tertiary alicyclic amines) is 1. The van der Waals surface area contributed by atoms with Crippen LogP contribution in [-0.2, 0) is 22.5 Å². The summed E-state index contributed by atoms with van der Waals surface area (Å²) in [6, 6.07) is 9.76. The summed E-state index contributed by atoms with van der Waals surface area (Å²) in [6.45, 7) is 8.64. The number of nitrogens with zero attached hydrogens (tertiary/aromatic N) is 3. The predicted octanol–water partition coefficient (Wildman–Crippen LogP) is 4.13. The van der Waals surface area contributed by atoms with Crippen molar-refractivity contribution in [3.05, 3.63) is 59.3 Å².